The van der Waals surface area contributed by atoms with E-state index in [0.717, 1.165) is 5.92 Å². The van der Waals surface area contributed by atoms with E-state index < -0.39 is 9.04 Å². The summed E-state index contributed by atoms with van der Waals surface area (Å²) < 4.78 is 5.76. The van der Waals surface area contributed by atoms with Crippen molar-refractivity contribution in [2.75, 3.05) is 6.61 Å². The molecule has 0 bridgehead atoms. The van der Waals surface area contributed by atoms with Crippen LogP contribution in [-0.4, -0.2) is 15.6 Å². The molecule has 0 aliphatic heterocycles. The zero-order chi connectivity index (χ0) is 13.8. The van der Waals surface area contributed by atoms with Gasteiger partial charge < -0.3 is 4.43 Å². The largest absolute Gasteiger partial charge is 0.419 e. The highest BCUT2D eigenvalue weighted by Gasteiger charge is 2.32. The molecule has 0 heterocycles. The predicted octanol–water partition coefficient (Wildman–Crippen LogP) is 3.98. The van der Waals surface area contributed by atoms with Crippen LogP contribution in [-0.2, 0) is 4.43 Å². The minimum Gasteiger partial charge on any atom is -0.419 e. The van der Waals surface area contributed by atoms with Crippen LogP contribution in [0, 0.1) is 34.5 Å². The van der Waals surface area contributed by atoms with Gasteiger partial charge in [0.1, 0.15) is 0 Å². The second-order valence-corrected chi connectivity index (χ2v) is 9.53. The van der Waals surface area contributed by atoms with Gasteiger partial charge in [0.05, 0.1) is 12.0 Å². The second kappa shape index (κ2) is 6.72. The first-order valence-corrected chi connectivity index (χ1v) is 10.1. The fourth-order valence-electron chi connectivity index (χ4n) is 2.96. The molecule has 0 aromatic heterocycles. The van der Waals surface area contributed by atoms with Gasteiger partial charge >= 0.3 is 0 Å². The predicted molar refractivity (Wildman–Crippen MR) is 78.8 cm³/mol. The van der Waals surface area contributed by atoms with Crippen molar-refractivity contribution in [3.05, 3.63) is 0 Å². The summed E-state index contributed by atoms with van der Waals surface area (Å²) in [6.07, 6.45) is 4.99. The van der Waals surface area contributed by atoms with Crippen LogP contribution in [0.15, 0.2) is 0 Å². The number of nitrogens with zero attached hydrogens (tertiary/aromatic N) is 1. The van der Waals surface area contributed by atoms with Gasteiger partial charge in [-0.25, -0.2) is 0 Å². The van der Waals surface area contributed by atoms with Gasteiger partial charge in [-0.3, -0.25) is 0 Å². The van der Waals surface area contributed by atoms with E-state index in [4.69, 9.17) is 4.43 Å². The van der Waals surface area contributed by atoms with E-state index in [1.807, 2.05) is 0 Å². The Hall–Kier alpha value is -0.333. The SMILES string of the molecule is C[SiH](C)OCC(C#N)C1CCC(C(C)(C)C)CC1. The van der Waals surface area contributed by atoms with Gasteiger partial charge in [-0.1, -0.05) is 20.8 Å². The fraction of sp³-hybridized carbons (Fsp3) is 0.933. The first-order valence-electron chi connectivity index (χ1n) is 7.35. The lowest BCUT2D eigenvalue weighted by Crippen LogP contribution is -2.30. The van der Waals surface area contributed by atoms with Gasteiger partial charge in [-0.2, -0.15) is 5.26 Å². The van der Waals surface area contributed by atoms with E-state index in [9.17, 15) is 5.26 Å². The Labute approximate surface area is 114 Å². The van der Waals surface area contributed by atoms with Crippen LogP contribution >= 0.6 is 0 Å². The van der Waals surface area contributed by atoms with Crippen molar-refractivity contribution < 1.29 is 4.43 Å². The Morgan fingerprint density at radius 2 is 1.78 bits per heavy atom. The van der Waals surface area contributed by atoms with Crippen molar-refractivity contribution in [2.45, 2.75) is 59.5 Å². The molecule has 0 aromatic rings. The molecule has 0 N–H and O–H groups in total. The summed E-state index contributed by atoms with van der Waals surface area (Å²) in [5.41, 5.74) is 0.425. The van der Waals surface area contributed by atoms with E-state index in [2.05, 4.69) is 39.9 Å². The Bertz CT molecular complexity index is 282. The molecular formula is C15H29NOSi. The minimum absolute atomic E-state index is 0.126. The summed E-state index contributed by atoms with van der Waals surface area (Å²) in [6, 6.07) is 2.48. The monoisotopic (exact) mass is 267 g/mol. The van der Waals surface area contributed by atoms with Crippen LogP contribution in [0.25, 0.3) is 0 Å². The molecule has 0 amide bonds. The van der Waals surface area contributed by atoms with E-state index in [1.54, 1.807) is 0 Å². The molecule has 3 heteroatoms. The Balaban J connectivity index is 2.43. The van der Waals surface area contributed by atoms with Crippen molar-refractivity contribution in [1.82, 2.24) is 0 Å². The third-order valence-electron chi connectivity index (χ3n) is 4.34. The molecule has 1 aliphatic rings. The molecule has 1 unspecified atom stereocenters. The summed E-state index contributed by atoms with van der Waals surface area (Å²) in [5, 5.41) is 9.30. The summed E-state index contributed by atoms with van der Waals surface area (Å²) in [5.74, 6) is 1.52. The molecule has 0 spiro atoms. The van der Waals surface area contributed by atoms with Crippen molar-refractivity contribution >= 4 is 9.04 Å². The maximum Gasteiger partial charge on any atom is 0.170 e. The average Bonchev–Trinajstić information content (AvgIpc) is 2.29. The van der Waals surface area contributed by atoms with Crippen LogP contribution in [0.4, 0.5) is 0 Å². The van der Waals surface area contributed by atoms with Crippen LogP contribution < -0.4 is 0 Å². The second-order valence-electron chi connectivity index (χ2n) is 7.10. The molecule has 18 heavy (non-hydrogen) atoms. The normalized spacial score (nSPS) is 26.9. The van der Waals surface area contributed by atoms with Gasteiger partial charge in [0.25, 0.3) is 0 Å². The molecule has 0 saturated heterocycles. The van der Waals surface area contributed by atoms with Crippen molar-refractivity contribution in [1.29, 1.82) is 5.26 Å². The third kappa shape index (κ3) is 4.74. The van der Waals surface area contributed by atoms with Crippen molar-refractivity contribution in [3.63, 3.8) is 0 Å². The molecule has 104 valence electrons. The molecule has 1 atom stereocenters. The standard InChI is InChI=1S/C15H29NOSi/c1-15(2,3)14-8-6-12(7-9-14)13(10-16)11-17-18(4)5/h12-14,18H,6-9,11H2,1-5H3. The molecule has 1 fully saturated rings. The molecule has 0 aromatic carbocycles. The van der Waals surface area contributed by atoms with E-state index >= 15 is 0 Å². The molecule has 2 nitrogen and oxygen atoms in total. The Kier molecular flexibility index (Phi) is 5.87. The summed E-state index contributed by atoms with van der Waals surface area (Å²) in [4.78, 5) is 0. The highest BCUT2D eigenvalue weighted by Crippen LogP contribution is 2.41. The van der Waals surface area contributed by atoms with Gasteiger partial charge in [0, 0.05) is 6.61 Å². The minimum atomic E-state index is -0.986. The topological polar surface area (TPSA) is 33.0 Å². The molecule has 1 aliphatic carbocycles. The fourth-order valence-corrected chi connectivity index (χ4v) is 3.55. The zero-order valence-corrected chi connectivity index (χ0v) is 13.9. The van der Waals surface area contributed by atoms with Gasteiger partial charge in [-0.05, 0) is 56.0 Å². The number of rotatable bonds is 4. The average molecular weight is 267 g/mol. The summed E-state index contributed by atoms with van der Waals surface area (Å²) in [6.45, 7) is 12.0. The van der Waals surface area contributed by atoms with Crippen LogP contribution in [0.1, 0.15) is 46.5 Å². The van der Waals surface area contributed by atoms with Crippen LogP contribution in [0.2, 0.25) is 13.1 Å². The van der Waals surface area contributed by atoms with Gasteiger partial charge in [0.15, 0.2) is 9.04 Å². The van der Waals surface area contributed by atoms with Crippen LogP contribution in [0.5, 0.6) is 0 Å². The number of hydrogen-bond acceptors (Lipinski definition) is 2. The summed E-state index contributed by atoms with van der Waals surface area (Å²) in [7, 11) is -0.986. The Morgan fingerprint density at radius 1 is 1.22 bits per heavy atom. The quantitative estimate of drug-likeness (QED) is 0.722. The number of hydrogen-bond donors (Lipinski definition) is 0. The lowest BCUT2D eigenvalue weighted by Gasteiger charge is -2.38. The van der Waals surface area contributed by atoms with Crippen LogP contribution in [0.3, 0.4) is 0 Å². The number of nitriles is 1. The summed E-state index contributed by atoms with van der Waals surface area (Å²) >= 11 is 0. The lowest BCUT2D eigenvalue weighted by molar-refractivity contribution is 0.119. The first-order chi connectivity index (χ1) is 8.34. The van der Waals surface area contributed by atoms with Crippen molar-refractivity contribution in [3.8, 4) is 6.07 Å². The van der Waals surface area contributed by atoms with E-state index in [1.165, 1.54) is 25.7 Å². The maximum atomic E-state index is 9.30. The smallest absolute Gasteiger partial charge is 0.170 e. The first kappa shape index (κ1) is 15.7. The molecule has 1 rings (SSSR count). The van der Waals surface area contributed by atoms with E-state index in [0.29, 0.717) is 17.9 Å². The zero-order valence-electron chi connectivity index (χ0n) is 12.7. The third-order valence-corrected chi connectivity index (χ3v) is 5.20. The van der Waals surface area contributed by atoms with Gasteiger partial charge in [-0.15, -0.1) is 0 Å². The lowest BCUT2D eigenvalue weighted by atomic mass is 9.68. The Morgan fingerprint density at radius 3 is 2.17 bits per heavy atom. The molecule has 0 radical (unpaired) electrons. The molecule has 1 saturated carbocycles. The van der Waals surface area contributed by atoms with E-state index in [-0.39, 0.29) is 5.92 Å². The highest BCUT2D eigenvalue weighted by atomic mass is 28.3. The molecular weight excluding hydrogens is 238 g/mol. The maximum absolute atomic E-state index is 9.30. The highest BCUT2D eigenvalue weighted by molar-refractivity contribution is 6.48. The van der Waals surface area contributed by atoms with Crippen molar-refractivity contribution in [2.24, 2.45) is 23.2 Å². The van der Waals surface area contributed by atoms with Gasteiger partial charge in [0.2, 0.25) is 0 Å².